The minimum atomic E-state index is -0.318. The van der Waals surface area contributed by atoms with Crippen molar-refractivity contribution >= 4 is 28.5 Å². The van der Waals surface area contributed by atoms with Crippen LogP contribution >= 0.6 is 11.6 Å². The Hall–Kier alpha value is -2.11. The monoisotopic (exact) mass is 342 g/mol. The Bertz CT molecular complexity index is 897. The molecule has 2 atom stereocenters. The second-order valence-corrected chi connectivity index (χ2v) is 6.86. The van der Waals surface area contributed by atoms with Gasteiger partial charge in [-0.05, 0) is 18.2 Å². The van der Waals surface area contributed by atoms with E-state index in [0.29, 0.717) is 11.6 Å². The van der Waals surface area contributed by atoms with Gasteiger partial charge in [-0.3, -0.25) is 0 Å². The number of β-amino-alcohol motifs (C(OH)–C–C–N with tert-alkyl or cyclic N) is 1. The Kier molecular flexibility index (Phi) is 3.70. The number of imidazole rings is 1. The standard InChI is InChI=1S/C18H19ClN4O/c1-11-9-23(10-16(11)24)17-7-12(13(19)8-20-17)18-21-14-5-3-4-6-15(14)22(18)2/h3-8,11,16,24H,9-10H2,1-2H3/t11-,16-/m1/s1. The number of nitrogens with zero attached hydrogens (tertiary/aromatic N) is 4. The fraction of sp³-hybridized carbons (Fsp3) is 0.333. The Morgan fingerprint density at radius 3 is 2.75 bits per heavy atom. The van der Waals surface area contributed by atoms with Crippen molar-refractivity contribution in [2.45, 2.75) is 13.0 Å². The van der Waals surface area contributed by atoms with Gasteiger partial charge in [0.05, 0.1) is 22.2 Å². The summed E-state index contributed by atoms with van der Waals surface area (Å²) in [6.07, 6.45) is 1.35. The van der Waals surface area contributed by atoms with Gasteiger partial charge in [-0.2, -0.15) is 0 Å². The van der Waals surface area contributed by atoms with Gasteiger partial charge in [0.15, 0.2) is 0 Å². The first-order valence-corrected chi connectivity index (χ1v) is 8.43. The molecule has 0 saturated carbocycles. The van der Waals surface area contributed by atoms with Crippen LogP contribution in [0.3, 0.4) is 0 Å². The smallest absolute Gasteiger partial charge is 0.142 e. The van der Waals surface area contributed by atoms with Crippen LogP contribution in [0.15, 0.2) is 36.5 Å². The maximum absolute atomic E-state index is 10.00. The van der Waals surface area contributed by atoms with Gasteiger partial charge in [-0.15, -0.1) is 0 Å². The topological polar surface area (TPSA) is 54.2 Å². The van der Waals surface area contributed by atoms with Gasteiger partial charge < -0.3 is 14.6 Å². The van der Waals surface area contributed by atoms with Gasteiger partial charge in [0.2, 0.25) is 0 Å². The maximum Gasteiger partial charge on any atom is 0.142 e. The fourth-order valence-corrected chi connectivity index (χ4v) is 3.48. The maximum atomic E-state index is 10.00. The molecule has 1 fully saturated rings. The number of hydrogen-bond donors (Lipinski definition) is 1. The van der Waals surface area contributed by atoms with E-state index in [1.165, 1.54) is 0 Å². The van der Waals surface area contributed by atoms with E-state index in [4.69, 9.17) is 16.6 Å². The van der Waals surface area contributed by atoms with Crippen molar-refractivity contribution < 1.29 is 5.11 Å². The molecule has 0 bridgehead atoms. The number of fused-ring (bicyclic) bond motifs is 1. The lowest BCUT2D eigenvalue weighted by Crippen LogP contribution is -2.22. The number of halogens is 1. The summed E-state index contributed by atoms with van der Waals surface area (Å²) in [5, 5.41) is 10.6. The van der Waals surface area contributed by atoms with E-state index in [1.54, 1.807) is 6.20 Å². The lowest BCUT2D eigenvalue weighted by Gasteiger charge is -2.18. The lowest BCUT2D eigenvalue weighted by atomic mass is 10.1. The molecule has 24 heavy (non-hydrogen) atoms. The average molecular weight is 343 g/mol. The summed E-state index contributed by atoms with van der Waals surface area (Å²) in [5.41, 5.74) is 2.86. The number of aliphatic hydroxyl groups is 1. The predicted octanol–water partition coefficient (Wildman–Crippen LogP) is 3.11. The zero-order chi connectivity index (χ0) is 16.8. The molecule has 6 heteroatoms. The van der Waals surface area contributed by atoms with Gasteiger partial charge in [0.1, 0.15) is 11.6 Å². The van der Waals surface area contributed by atoms with E-state index in [1.807, 2.05) is 48.9 Å². The molecule has 0 amide bonds. The minimum absolute atomic E-state index is 0.238. The molecule has 5 nitrogen and oxygen atoms in total. The van der Waals surface area contributed by atoms with E-state index in [2.05, 4.69) is 9.88 Å². The van der Waals surface area contributed by atoms with Crippen LogP contribution in [0.1, 0.15) is 6.92 Å². The number of benzene rings is 1. The largest absolute Gasteiger partial charge is 0.391 e. The van der Waals surface area contributed by atoms with Crippen molar-refractivity contribution in [1.82, 2.24) is 14.5 Å². The highest BCUT2D eigenvalue weighted by Crippen LogP contribution is 2.33. The average Bonchev–Trinajstić information content (AvgIpc) is 3.09. The van der Waals surface area contributed by atoms with E-state index in [0.717, 1.165) is 34.8 Å². The first-order valence-electron chi connectivity index (χ1n) is 8.05. The molecular formula is C18H19ClN4O. The molecule has 124 valence electrons. The Morgan fingerprint density at radius 2 is 2.04 bits per heavy atom. The Balaban J connectivity index is 1.80. The zero-order valence-electron chi connectivity index (χ0n) is 13.6. The number of aliphatic hydroxyl groups excluding tert-OH is 1. The summed E-state index contributed by atoms with van der Waals surface area (Å²) >= 11 is 6.41. The molecule has 3 heterocycles. The minimum Gasteiger partial charge on any atom is -0.391 e. The van der Waals surface area contributed by atoms with Crippen LogP contribution in [-0.4, -0.2) is 38.8 Å². The molecule has 4 rings (SSSR count). The number of para-hydroxylation sites is 2. The number of aromatic nitrogens is 3. The first-order chi connectivity index (χ1) is 11.5. The highest BCUT2D eigenvalue weighted by Gasteiger charge is 2.29. The molecule has 0 unspecified atom stereocenters. The number of aryl methyl sites for hydroxylation is 1. The summed E-state index contributed by atoms with van der Waals surface area (Å²) in [5.74, 6) is 1.88. The van der Waals surface area contributed by atoms with Crippen molar-refractivity contribution in [2.24, 2.45) is 13.0 Å². The molecule has 2 aromatic heterocycles. The molecule has 3 aromatic rings. The second-order valence-electron chi connectivity index (χ2n) is 6.46. The normalized spacial score (nSPS) is 20.9. The molecule has 1 aliphatic rings. The van der Waals surface area contributed by atoms with Gasteiger partial charge in [0, 0.05) is 37.8 Å². The summed E-state index contributed by atoms with van der Waals surface area (Å²) in [4.78, 5) is 11.3. The van der Waals surface area contributed by atoms with Gasteiger partial charge in [0.25, 0.3) is 0 Å². The van der Waals surface area contributed by atoms with E-state index in [-0.39, 0.29) is 12.0 Å². The quantitative estimate of drug-likeness (QED) is 0.777. The van der Waals surface area contributed by atoms with Crippen LogP contribution in [0.4, 0.5) is 5.82 Å². The summed E-state index contributed by atoms with van der Waals surface area (Å²) in [6.45, 7) is 3.43. The number of anilines is 1. The first kappa shape index (κ1) is 15.4. The summed E-state index contributed by atoms with van der Waals surface area (Å²) in [7, 11) is 1.99. The third-order valence-corrected chi connectivity index (χ3v) is 5.07. The van der Waals surface area contributed by atoms with Crippen LogP contribution in [0, 0.1) is 5.92 Å². The van der Waals surface area contributed by atoms with Crippen molar-refractivity contribution in [3.05, 3.63) is 41.6 Å². The van der Waals surface area contributed by atoms with Crippen molar-refractivity contribution in [1.29, 1.82) is 0 Å². The van der Waals surface area contributed by atoms with Crippen LogP contribution in [-0.2, 0) is 7.05 Å². The number of rotatable bonds is 2. The lowest BCUT2D eigenvalue weighted by molar-refractivity contribution is 0.157. The number of pyridine rings is 1. The van der Waals surface area contributed by atoms with E-state index < -0.39 is 0 Å². The summed E-state index contributed by atoms with van der Waals surface area (Å²) < 4.78 is 2.04. The molecule has 1 saturated heterocycles. The third-order valence-electron chi connectivity index (χ3n) is 4.77. The molecule has 1 aromatic carbocycles. The number of hydrogen-bond acceptors (Lipinski definition) is 4. The van der Waals surface area contributed by atoms with Crippen molar-refractivity contribution in [3.8, 4) is 11.4 Å². The van der Waals surface area contributed by atoms with Gasteiger partial charge in [-0.1, -0.05) is 30.7 Å². The van der Waals surface area contributed by atoms with Crippen LogP contribution in [0.25, 0.3) is 22.4 Å². The molecule has 0 spiro atoms. The van der Waals surface area contributed by atoms with Crippen molar-refractivity contribution in [2.75, 3.05) is 18.0 Å². The summed E-state index contributed by atoms with van der Waals surface area (Å²) in [6, 6.07) is 9.98. The van der Waals surface area contributed by atoms with Gasteiger partial charge in [-0.25, -0.2) is 9.97 Å². The predicted molar refractivity (Wildman–Crippen MR) is 96.3 cm³/mol. The fourth-order valence-electron chi connectivity index (χ4n) is 3.30. The van der Waals surface area contributed by atoms with E-state index in [9.17, 15) is 5.11 Å². The Morgan fingerprint density at radius 1 is 1.25 bits per heavy atom. The van der Waals surface area contributed by atoms with E-state index >= 15 is 0 Å². The van der Waals surface area contributed by atoms with Crippen LogP contribution in [0.5, 0.6) is 0 Å². The SMILES string of the molecule is C[C@@H]1CN(c2cc(-c3nc4ccccc4n3C)c(Cl)cn2)C[C@H]1O. The molecule has 1 N–H and O–H groups in total. The molecule has 0 aliphatic carbocycles. The van der Waals surface area contributed by atoms with Crippen LogP contribution < -0.4 is 4.90 Å². The van der Waals surface area contributed by atoms with Crippen molar-refractivity contribution in [3.63, 3.8) is 0 Å². The highest BCUT2D eigenvalue weighted by atomic mass is 35.5. The molecule has 1 aliphatic heterocycles. The Labute approximate surface area is 145 Å². The van der Waals surface area contributed by atoms with Gasteiger partial charge >= 0.3 is 0 Å². The third kappa shape index (κ3) is 2.44. The second kappa shape index (κ2) is 5.76. The molecular weight excluding hydrogens is 324 g/mol. The zero-order valence-corrected chi connectivity index (χ0v) is 14.4. The molecule has 0 radical (unpaired) electrons. The van der Waals surface area contributed by atoms with Crippen LogP contribution in [0.2, 0.25) is 5.02 Å². The highest BCUT2D eigenvalue weighted by molar-refractivity contribution is 6.33.